The third-order valence-corrected chi connectivity index (χ3v) is 17.2. The molecule has 258 valence electrons. The monoisotopic (exact) mass is 623 g/mol. The zero-order valence-electron chi connectivity index (χ0n) is 31.7. The number of carbonyl (C=O) groups is 1. The first-order valence-electron chi connectivity index (χ1n) is 20.0. The van der Waals surface area contributed by atoms with Gasteiger partial charge in [-0.1, -0.05) is 132 Å². The molecule has 0 radical (unpaired) electrons. The molecule has 5 aliphatic carbocycles. The van der Waals surface area contributed by atoms with E-state index in [0.29, 0.717) is 28.6 Å². The molecule has 0 aromatic heterocycles. The van der Waals surface area contributed by atoms with Crippen molar-refractivity contribution in [2.45, 2.75) is 197 Å². The lowest BCUT2D eigenvalue weighted by Gasteiger charge is -2.74. The van der Waals surface area contributed by atoms with E-state index in [9.17, 15) is 4.79 Å². The minimum Gasteiger partial charge on any atom is -0.462 e. The fourth-order valence-corrected chi connectivity index (χ4v) is 13.0. The zero-order chi connectivity index (χ0) is 32.9. The summed E-state index contributed by atoms with van der Waals surface area (Å²) in [5.74, 6) is 3.14. The molecule has 0 aromatic rings. The van der Waals surface area contributed by atoms with Crippen LogP contribution in [0.5, 0.6) is 0 Å². The molecule has 0 amide bonds. The van der Waals surface area contributed by atoms with Gasteiger partial charge in [-0.3, -0.25) is 4.79 Å². The Morgan fingerprint density at radius 2 is 1.40 bits per heavy atom. The van der Waals surface area contributed by atoms with E-state index in [2.05, 4.69) is 75.3 Å². The van der Waals surface area contributed by atoms with Gasteiger partial charge in [0.1, 0.15) is 6.10 Å². The second-order valence-electron chi connectivity index (χ2n) is 19.3. The van der Waals surface area contributed by atoms with Crippen molar-refractivity contribution >= 4 is 5.97 Å². The average Bonchev–Trinajstić information content (AvgIpc) is 2.99. The topological polar surface area (TPSA) is 26.3 Å². The maximum absolute atomic E-state index is 13.2. The van der Waals surface area contributed by atoms with Gasteiger partial charge in [0.05, 0.1) is 0 Å². The van der Waals surface area contributed by atoms with Crippen LogP contribution in [-0.4, -0.2) is 12.1 Å². The molecule has 4 saturated carbocycles. The van der Waals surface area contributed by atoms with E-state index in [0.717, 1.165) is 30.6 Å². The molecule has 2 heteroatoms. The largest absolute Gasteiger partial charge is 0.462 e. The summed E-state index contributed by atoms with van der Waals surface area (Å²) in [4.78, 5) is 13.2. The molecule has 0 unspecified atom stereocenters. The average molecular weight is 623 g/mol. The molecule has 0 saturated heterocycles. The summed E-state index contributed by atoms with van der Waals surface area (Å²) in [6.07, 6.45) is 26.6. The van der Waals surface area contributed by atoms with Crippen LogP contribution in [0.2, 0.25) is 0 Å². The molecule has 5 aliphatic rings. The number of fused-ring (bicyclic) bond motifs is 7. The Morgan fingerprint density at radius 1 is 0.756 bits per heavy atom. The van der Waals surface area contributed by atoms with Gasteiger partial charge in [0.15, 0.2) is 0 Å². The molecule has 0 spiro atoms. The Balaban J connectivity index is 1.27. The lowest BCUT2D eigenvalue weighted by atomic mass is 9.30. The molecule has 10 atom stereocenters. The maximum atomic E-state index is 13.2. The second kappa shape index (κ2) is 12.9. The lowest BCUT2D eigenvalue weighted by Crippen LogP contribution is -2.68. The second-order valence-corrected chi connectivity index (χ2v) is 19.3. The number of carbonyl (C=O) groups excluding carboxylic acids is 1. The quantitative estimate of drug-likeness (QED) is 0.130. The van der Waals surface area contributed by atoms with Gasteiger partial charge in [-0.05, 0) is 115 Å². The first-order valence-corrected chi connectivity index (χ1v) is 20.0. The molecule has 45 heavy (non-hydrogen) atoms. The summed E-state index contributed by atoms with van der Waals surface area (Å²) in [5.41, 5.74) is 3.38. The molecule has 0 bridgehead atoms. The minimum atomic E-state index is -0.0289. The van der Waals surface area contributed by atoms with Gasteiger partial charge in [0.25, 0.3) is 0 Å². The van der Waals surface area contributed by atoms with E-state index in [-0.39, 0.29) is 28.3 Å². The molecule has 0 aromatic carbocycles. The Labute approximate surface area is 280 Å². The van der Waals surface area contributed by atoms with E-state index < -0.39 is 0 Å². The minimum absolute atomic E-state index is 0.0289. The number of hydrogen-bond acceptors (Lipinski definition) is 2. The Morgan fingerprint density at radius 3 is 2.07 bits per heavy atom. The maximum Gasteiger partial charge on any atom is 0.306 e. The Hall–Kier alpha value is -0.790. The highest BCUT2D eigenvalue weighted by atomic mass is 16.5. The van der Waals surface area contributed by atoms with E-state index in [1.807, 2.05) is 5.57 Å². The number of esters is 1. The fraction of sp³-hybridized carbons (Fsp3) is 0.930. The van der Waals surface area contributed by atoms with Crippen molar-refractivity contribution in [1.29, 1.82) is 0 Å². The summed E-state index contributed by atoms with van der Waals surface area (Å²) >= 11 is 0. The fourth-order valence-electron chi connectivity index (χ4n) is 13.0. The van der Waals surface area contributed by atoms with Gasteiger partial charge in [-0.2, -0.15) is 0 Å². The molecule has 2 nitrogen and oxygen atoms in total. The van der Waals surface area contributed by atoms with E-state index >= 15 is 0 Å². The summed E-state index contributed by atoms with van der Waals surface area (Å²) in [5, 5.41) is 0. The summed E-state index contributed by atoms with van der Waals surface area (Å²) < 4.78 is 6.45. The van der Waals surface area contributed by atoms with Gasteiger partial charge in [0.2, 0.25) is 0 Å². The number of hydrogen-bond donors (Lipinski definition) is 0. The van der Waals surface area contributed by atoms with Crippen molar-refractivity contribution in [3.05, 3.63) is 11.6 Å². The van der Waals surface area contributed by atoms with Crippen LogP contribution in [0, 0.1) is 56.2 Å². The molecular formula is C43H74O2. The highest BCUT2D eigenvalue weighted by molar-refractivity contribution is 5.69. The number of unbranched alkanes of at least 4 members (excludes halogenated alkanes) is 8. The molecule has 0 heterocycles. The van der Waals surface area contributed by atoms with Crippen LogP contribution in [0.1, 0.15) is 191 Å². The molecule has 5 rings (SSSR count). The molecule has 0 N–H and O–H groups in total. The Kier molecular flexibility index (Phi) is 10.2. The number of rotatable bonds is 11. The first-order chi connectivity index (χ1) is 21.1. The van der Waals surface area contributed by atoms with Crippen LogP contribution in [0.3, 0.4) is 0 Å². The normalized spacial score (nSPS) is 45.4. The van der Waals surface area contributed by atoms with Crippen LogP contribution < -0.4 is 0 Å². The highest BCUT2D eigenvalue weighted by Crippen LogP contribution is 2.78. The van der Waals surface area contributed by atoms with Crippen molar-refractivity contribution in [2.75, 3.05) is 0 Å². The Bertz CT molecular complexity index is 1090. The number of ether oxygens (including phenoxy) is 1. The third-order valence-electron chi connectivity index (χ3n) is 17.2. The van der Waals surface area contributed by atoms with Crippen LogP contribution in [0.15, 0.2) is 11.6 Å². The third kappa shape index (κ3) is 5.63. The standard InChI is InChI=1S/C43H74O2/c1-11-12-13-14-15-16-17-18-19-20-36(44)45-35-24-26-42(9)34-22-21-33-37-32(3)31(2)23-25-39(37,6)27-28-40(33,7)41(34,8)29-30-43(42,10)38(35,4)5/h21,31-32,34-35,37H,11-20,22-30H2,1-10H3/t31-,32+,34+,35+,37-,39-,40-,41-,42-,43+/m1/s1. The van der Waals surface area contributed by atoms with Crippen molar-refractivity contribution in [3.63, 3.8) is 0 Å². The van der Waals surface area contributed by atoms with Crippen molar-refractivity contribution in [3.8, 4) is 0 Å². The number of allylic oxidation sites excluding steroid dienone is 2. The van der Waals surface area contributed by atoms with Gasteiger partial charge >= 0.3 is 5.97 Å². The van der Waals surface area contributed by atoms with Gasteiger partial charge in [0, 0.05) is 11.8 Å². The van der Waals surface area contributed by atoms with Crippen LogP contribution in [-0.2, 0) is 9.53 Å². The SMILES string of the molecule is CCCCCCCCCCCC(=O)O[C@H]1CC[C@]2(C)[C@H]3CC=C4[C@H]5[C@@H](C)[C@H](C)CC[C@]5(C)CC[C@@]4(C)[C@]3(C)CC[C@@]2(C)C1(C)C. The van der Waals surface area contributed by atoms with Crippen molar-refractivity contribution in [2.24, 2.45) is 56.2 Å². The molecule has 4 fully saturated rings. The van der Waals surface area contributed by atoms with Crippen LogP contribution in [0.4, 0.5) is 0 Å². The predicted molar refractivity (Wildman–Crippen MR) is 191 cm³/mol. The smallest absolute Gasteiger partial charge is 0.306 e. The summed E-state index contributed by atoms with van der Waals surface area (Å²) in [6, 6.07) is 0. The first kappa shape index (κ1) is 35.5. The van der Waals surface area contributed by atoms with Crippen molar-refractivity contribution < 1.29 is 9.53 Å². The van der Waals surface area contributed by atoms with Crippen LogP contribution in [0.25, 0.3) is 0 Å². The highest BCUT2D eigenvalue weighted by Gasteiger charge is 2.72. The van der Waals surface area contributed by atoms with Gasteiger partial charge < -0.3 is 4.74 Å². The predicted octanol–water partition coefficient (Wildman–Crippen LogP) is 12.9. The van der Waals surface area contributed by atoms with Crippen molar-refractivity contribution in [1.82, 2.24) is 0 Å². The van der Waals surface area contributed by atoms with Gasteiger partial charge in [-0.15, -0.1) is 0 Å². The van der Waals surface area contributed by atoms with E-state index in [1.54, 1.807) is 0 Å². The van der Waals surface area contributed by atoms with E-state index in [4.69, 9.17) is 4.74 Å². The summed E-state index contributed by atoms with van der Waals surface area (Å²) in [7, 11) is 0. The van der Waals surface area contributed by atoms with Gasteiger partial charge in [-0.25, -0.2) is 0 Å². The summed E-state index contributed by atoms with van der Waals surface area (Å²) in [6.45, 7) is 25.7. The molecule has 0 aliphatic heterocycles. The zero-order valence-corrected chi connectivity index (χ0v) is 31.7. The molecular weight excluding hydrogens is 548 g/mol. The van der Waals surface area contributed by atoms with Crippen LogP contribution >= 0.6 is 0 Å². The van der Waals surface area contributed by atoms with E-state index in [1.165, 1.54) is 103 Å². The lowest BCUT2D eigenvalue weighted by molar-refractivity contribution is -0.254.